The average Bonchev–Trinajstić information content (AvgIpc) is 2.03. The molecule has 1 amide bonds. The van der Waals surface area contributed by atoms with Crippen LogP contribution in [0.25, 0.3) is 0 Å². The Balaban J connectivity index is 2.26. The molecule has 0 saturated heterocycles. The minimum atomic E-state index is -0.768. The average molecular weight is 155 g/mol. The van der Waals surface area contributed by atoms with Crippen LogP contribution in [0.3, 0.4) is 0 Å². The largest absolute Gasteiger partial charge is 0.443 e. The summed E-state index contributed by atoms with van der Waals surface area (Å²) in [5, 5.41) is 2.81. The first kappa shape index (κ1) is 7.59. The number of nitrogens with one attached hydrogen (secondary N) is 1. The van der Waals surface area contributed by atoms with Crippen molar-refractivity contribution in [3.8, 4) is 0 Å². The van der Waals surface area contributed by atoms with Crippen LogP contribution in [-0.2, 0) is 4.74 Å². The maximum Gasteiger partial charge on any atom is 0.404 e. The molecule has 0 unspecified atom stereocenters. The Labute approximate surface area is 63.9 Å². The van der Waals surface area contributed by atoms with Gasteiger partial charge in [-0.15, -0.1) is 0 Å². The lowest BCUT2D eigenvalue weighted by atomic mass is 10.4. The molecule has 1 aliphatic rings. The summed E-state index contributed by atoms with van der Waals surface area (Å²) in [5.74, 6) is 0. The highest BCUT2D eigenvalue weighted by molar-refractivity contribution is 5.65. The molecule has 0 aliphatic carbocycles. The number of ether oxygens (including phenoxy) is 1. The fourth-order valence-electron chi connectivity index (χ4n) is 0.653. The molecule has 0 saturated carbocycles. The minimum Gasteiger partial charge on any atom is -0.443 e. The van der Waals surface area contributed by atoms with Crippen molar-refractivity contribution in [2.24, 2.45) is 10.7 Å². The van der Waals surface area contributed by atoms with Gasteiger partial charge in [0.25, 0.3) is 0 Å². The number of nitrogens with zero attached hydrogens (tertiary/aromatic N) is 1. The van der Waals surface area contributed by atoms with Crippen molar-refractivity contribution in [1.82, 2.24) is 5.32 Å². The molecule has 60 valence electrons. The van der Waals surface area contributed by atoms with Crippen LogP contribution in [0.15, 0.2) is 16.8 Å². The first-order valence-corrected chi connectivity index (χ1v) is 3.15. The summed E-state index contributed by atoms with van der Waals surface area (Å²) < 4.78 is 4.53. The van der Waals surface area contributed by atoms with Crippen molar-refractivity contribution in [3.63, 3.8) is 0 Å². The summed E-state index contributed by atoms with van der Waals surface area (Å²) >= 11 is 0. The number of primary amides is 1. The van der Waals surface area contributed by atoms with Gasteiger partial charge < -0.3 is 15.8 Å². The predicted molar refractivity (Wildman–Crippen MR) is 40.1 cm³/mol. The van der Waals surface area contributed by atoms with E-state index in [-0.39, 0.29) is 6.61 Å². The van der Waals surface area contributed by atoms with E-state index in [1.165, 1.54) is 0 Å². The minimum absolute atomic E-state index is 0.182. The smallest absolute Gasteiger partial charge is 0.404 e. The second-order valence-electron chi connectivity index (χ2n) is 1.98. The molecule has 0 radical (unpaired) electrons. The van der Waals surface area contributed by atoms with Crippen molar-refractivity contribution < 1.29 is 9.53 Å². The van der Waals surface area contributed by atoms with Gasteiger partial charge >= 0.3 is 6.09 Å². The number of rotatable bonds is 2. The van der Waals surface area contributed by atoms with Gasteiger partial charge in [0.05, 0.1) is 18.6 Å². The highest BCUT2D eigenvalue weighted by atomic mass is 16.5. The molecule has 0 bridgehead atoms. The molecule has 0 fully saturated rings. The number of carbonyl (C=O) groups excluding carboxylic acids is 1. The molecule has 0 atom stereocenters. The highest BCUT2D eigenvalue weighted by Gasteiger charge is 2.00. The van der Waals surface area contributed by atoms with Gasteiger partial charge in [0.2, 0.25) is 0 Å². The number of hydrogen-bond donors (Lipinski definition) is 2. The number of amides is 1. The monoisotopic (exact) mass is 155 g/mol. The van der Waals surface area contributed by atoms with E-state index >= 15 is 0 Å². The van der Waals surface area contributed by atoms with Gasteiger partial charge in [-0.25, -0.2) is 4.79 Å². The molecule has 0 aromatic rings. The van der Waals surface area contributed by atoms with E-state index in [0.29, 0.717) is 6.54 Å². The van der Waals surface area contributed by atoms with E-state index in [9.17, 15) is 4.79 Å². The Kier molecular flexibility index (Phi) is 2.48. The molecule has 0 spiro atoms. The Morgan fingerprint density at radius 3 is 3.27 bits per heavy atom. The number of carbonyl (C=O) groups is 1. The molecule has 5 nitrogen and oxygen atoms in total. The molecular weight excluding hydrogens is 146 g/mol. The predicted octanol–water partition coefficient (Wildman–Crippen LogP) is -0.403. The molecular formula is C6H9N3O2. The standard InChI is InChI=1S/C6H9N3O2/c7-6(10)11-3-5-1-2-8-4-9-5/h1,4H,2-3H2,(H2,7,10)(H,8,9). The highest BCUT2D eigenvalue weighted by Crippen LogP contribution is 1.93. The van der Waals surface area contributed by atoms with Crippen molar-refractivity contribution in [2.45, 2.75) is 0 Å². The zero-order valence-corrected chi connectivity index (χ0v) is 5.91. The van der Waals surface area contributed by atoms with Crippen molar-refractivity contribution in [2.75, 3.05) is 13.2 Å². The van der Waals surface area contributed by atoms with Crippen LogP contribution in [0.1, 0.15) is 0 Å². The van der Waals surface area contributed by atoms with E-state index in [0.717, 1.165) is 5.70 Å². The number of aliphatic imine (C=N–C) groups is 1. The third-order valence-electron chi connectivity index (χ3n) is 1.15. The summed E-state index contributed by atoms with van der Waals surface area (Å²) in [6.45, 7) is 0.797. The SMILES string of the molecule is NC(=O)OCC1=CCN=CN1. The fraction of sp³-hybridized carbons (Fsp3) is 0.333. The van der Waals surface area contributed by atoms with Gasteiger partial charge in [0.15, 0.2) is 0 Å². The third-order valence-corrected chi connectivity index (χ3v) is 1.15. The molecule has 1 aliphatic heterocycles. The van der Waals surface area contributed by atoms with Crippen LogP contribution in [0.2, 0.25) is 0 Å². The molecule has 3 N–H and O–H groups in total. The van der Waals surface area contributed by atoms with Crippen LogP contribution in [0.4, 0.5) is 4.79 Å². The first-order chi connectivity index (χ1) is 5.29. The Bertz CT molecular complexity index is 210. The maximum atomic E-state index is 10.2. The van der Waals surface area contributed by atoms with Crippen LogP contribution < -0.4 is 11.1 Å². The number of nitrogens with two attached hydrogens (primary N) is 1. The number of hydrogen-bond acceptors (Lipinski definition) is 4. The molecule has 5 heteroatoms. The molecule has 1 rings (SSSR count). The maximum absolute atomic E-state index is 10.2. The van der Waals surface area contributed by atoms with Crippen molar-refractivity contribution in [1.29, 1.82) is 0 Å². The molecule has 11 heavy (non-hydrogen) atoms. The van der Waals surface area contributed by atoms with E-state index in [4.69, 9.17) is 5.73 Å². The summed E-state index contributed by atoms with van der Waals surface area (Å²) in [5.41, 5.74) is 5.56. The lowest BCUT2D eigenvalue weighted by molar-refractivity contribution is 0.165. The summed E-state index contributed by atoms with van der Waals surface area (Å²) in [4.78, 5) is 14.0. The molecule has 0 aromatic heterocycles. The van der Waals surface area contributed by atoms with Crippen LogP contribution in [0.5, 0.6) is 0 Å². The van der Waals surface area contributed by atoms with Crippen LogP contribution >= 0.6 is 0 Å². The van der Waals surface area contributed by atoms with E-state index < -0.39 is 6.09 Å². The normalized spacial score (nSPS) is 15.1. The Morgan fingerprint density at radius 2 is 2.73 bits per heavy atom. The van der Waals surface area contributed by atoms with Gasteiger partial charge in [-0.05, 0) is 6.08 Å². The first-order valence-electron chi connectivity index (χ1n) is 3.15. The van der Waals surface area contributed by atoms with E-state index in [2.05, 4.69) is 15.0 Å². The van der Waals surface area contributed by atoms with E-state index in [1.807, 2.05) is 6.08 Å². The Morgan fingerprint density at radius 1 is 1.91 bits per heavy atom. The topological polar surface area (TPSA) is 76.7 Å². The molecule has 0 aromatic carbocycles. The van der Waals surface area contributed by atoms with Crippen molar-refractivity contribution in [3.05, 3.63) is 11.8 Å². The zero-order valence-electron chi connectivity index (χ0n) is 5.91. The van der Waals surface area contributed by atoms with Crippen LogP contribution in [0, 0.1) is 0 Å². The quantitative estimate of drug-likeness (QED) is 0.569. The van der Waals surface area contributed by atoms with Gasteiger partial charge in [-0.1, -0.05) is 0 Å². The summed E-state index contributed by atoms with van der Waals surface area (Å²) in [6.07, 6.45) is 2.61. The van der Waals surface area contributed by atoms with Gasteiger partial charge in [-0.3, -0.25) is 4.99 Å². The fourth-order valence-corrected chi connectivity index (χ4v) is 0.653. The second-order valence-corrected chi connectivity index (χ2v) is 1.98. The summed E-state index contributed by atoms with van der Waals surface area (Å²) in [6, 6.07) is 0. The third kappa shape index (κ3) is 2.70. The molecule has 1 heterocycles. The van der Waals surface area contributed by atoms with Gasteiger partial charge in [-0.2, -0.15) is 0 Å². The van der Waals surface area contributed by atoms with Gasteiger partial charge in [0, 0.05) is 0 Å². The van der Waals surface area contributed by atoms with Gasteiger partial charge in [0.1, 0.15) is 6.61 Å². The second kappa shape index (κ2) is 3.60. The lowest BCUT2D eigenvalue weighted by Crippen LogP contribution is -2.23. The zero-order chi connectivity index (χ0) is 8.10. The van der Waals surface area contributed by atoms with Crippen molar-refractivity contribution >= 4 is 12.4 Å². The summed E-state index contributed by atoms with van der Waals surface area (Å²) in [7, 11) is 0. The van der Waals surface area contributed by atoms with Crippen LogP contribution in [-0.4, -0.2) is 25.6 Å². The van der Waals surface area contributed by atoms with E-state index in [1.54, 1.807) is 6.34 Å². The Hall–Kier alpha value is -1.52. The lowest BCUT2D eigenvalue weighted by Gasteiger charge is -2.08.